The molecule has 2 heterocycles. The second-order valence-corrected chi connectivity index (χ2v) is 16.5. The lowest BCUT2D eigenvalue weighted by atomic mass is 9.89. The van der Waals surface area contributed by atoms with Crippen molar-refractivity contribution in [3.8, 4) is 11.5 Å². The topological polar surface area (TPSA) is 44.2 Å². The van der Waals surface area contributed by atoms with Crippen LogP contribution in [-0.4, -0.2) is 23.2 Å². The molecule has 0 aliphatic rings. The molecule has 4 heteroatoms. The molecule has 2 aromatic heterocycles. The van der Waals surface area contributed by atoms with Crippen LogP contribution in [0.15, 0.2) is 72.8 Å². The number of hydrogen-bond donors (Lipinski definition) is 0. The van der Waals surface area contributed by atoms with E-state index in [0.29, 0.717) is 0 Å². The van der Waals surface area contributed by atoms with Gasteiger partial charge in [-0.25, -0.2) is 9.97 Å². The van der Waals surface area contributed by atoms with Gasteiger partial charge in [0.2, 0.25) is 0 Å². The monoisotopic (exact) mass is 746 g/mol. The van der Waals surface area contributed by atoms with Crippen LogP contribution in [0.25, 0.3) is 75.9 Å². The van der Waals surface area contributed by atoms with Gasteiger partial charge in [0.1, 0.15) is 11.5 Å². The number of pyridine rings is 2. The normalized spacial score (nSPS) is 12.2. The summed E-state index contributed by atoms with van der Waals surface area (Å²) >= 11 is 0. The van der Waals surface area contributed by atoms with Crippen molar-refractivity contribution in [1.29, 1.82) is 0 Å². The summed E-state index contributed by atoms with van der Waals surface area (Å²) in [6.07, 6.45) is 26.3. The quantitative estimate of drug-likeness (QED) is 0.0351. The summed E-state index contributed by atoms with van der Waals surface area (Å²) in [5.41, 5.74) is 4.08. The summed E-state index contributed by atoms with van der Waals surface area (Å²) in [5, 5.41) is 11.5. The van der Waals surface area contributed by atoms with Crippen molar-refractivity contribution in [1.82, 2.24) is 9.97 Å². The first-order valence-corrected chi connectivity index (χ1v) is 22.5. The van der Waals surface area contributed by atoms with Gasteiger partial charge in [0.25, 0.3) is 0 Å². The Bertz CT molecular complexity index is 2310. The molecule has 292 valence electrons. The van der Waals surface area contributed by atoms with Crippen molar-refractivity contribution < 1.29 is 9.47 Å². The highest BCUT2D eigenvalue weighted by Gasteiger charge is 2.24. The van der Waals surface area contributed by atoms with E-state index in [4.69, 9.17) is 19.4 Å². The second kappa shape index (κ2) is 18.7. The zero-order chi connectivity index (χ0) is 38.1. The van der Waals surface area contributed by atoms with E-state index >= 15 is 0 Å². The SMILES string of the molecule is CCCCCCCCCCCCOc1c2ccccc2c2nc3ccc4c(OCCCCCCCCCCCC)c5ccccc5c5nc6ccc1c2c6c3c45. The number of nitrogens with zero attached hydrogens (tertiary/aromatic N) is 2. The Kier molecular flexibility index (Phi) is 12.8. The van der Waals surface area contributed by atoms with Crippen molar-refractivity contribution in [3.05, 3.63) is 72.8 Å². The molecule has 8 rings (SSSR count). The van der Waals surface area contributed by atoms with Gasteiger partial charge in [-0.1, -0.05) is 178 Å². The average Bonchev–Trinajstić information content (AvgIpc) is 3.23. The summed E-state index contributed by atoms with van der Waals surface area (Å²) in [4.78, 5) is 11.0. The van der Waals surface area contributed by atoms with E-state index in [0.717, 1.165) is 103 Å². The van der Waals surface area contributed by atoms with E-state index in [1.165, 1.54) is 126 Å². The Morgan fingerprint density at radius 2 is 0.679 bits per heavy atom. The number of hydrogen-bond acceptors (Lipinski definition) is 4. The smallest absolute Gasteiger partial charge is 0.135 e. The summed E-state index contributed by atoms with van der Waals surface area (Å²) in [6.45, 7) is 6.03. The van der Waals surface area contributed by atoms with Gasteiger partial charge in [-0.2, -0.15) is 0 Å². The molecule has 6 aromatic carbocycles. The highest BCUT2D eigenvalue weighted by Crippen LogP contribution is 2.49. The van der Waals surface area contributed by atoms with Gasteiger partial charge in [0.15, 0.2) is 0 Å². The van der Waals surface area contributed by atoms with Gasteiger partial charge >= 0.3 is 0 Å². The molecule has 8 aromatic rings. The van der Waals surface area contributed by atoms with Crippen LogP contribution >= 0.6 is 0 Å². The van der Waals surface area contributed by atoms with Crippen LogP contribution in [0.1, 0.15) is 142 Å². The third-order valence-electron chi connectivity index (χ3n) is 12.4. The fourth-order valence-corrected chi connectivity index (χ4v) is 9.39. The molecule has 0 unspecified atom stereocenters. The fraction of sp³-hybridized carbons (Fsp3) is 0.462. The van der Waals surface area contributed by atoms with Crippen LogP contribution < -0.4 is 9.47 Å². The minimum absolute atomic E-state index is 0.725. The van der Waals surface area contributed by atoms with Crippen LogP contribution in [0.2, 0.25) is 0 Å². The van der Waals surface area contributed by atoms with Crippen molar-refractivity contribution >= 4 is 75.9 Å². The number of fused-ring (bicyclic) bond motifs is 4. The fourth-order valence-electron chi connectivity index (χ4n) is 9.39. The van der Waals surface area contributed by atoms with Crippen molar-refractivity contribution in [2.45, 2.75) is 142 Å². The van der Waals surface area contributed by atoms with Gasteiger partial charge < -0.3 is 9.47 Å². The Morgan fingerprint density at radius 1 is 0.339 bits per heavy atom. The zero-order valence-electron chi connectivity index (χ0n) is 34.2. The Labute approximate surface area is 334 Å². The van der Waals surface area contributed by atoms with Gasteiger partial charge in [0.05, 0.1) is 35.3 Å². The number of unbranched alkanes of at least 4 members (excludes halogenated alkanes) is 18. The molecule has 0 bridgehead atoms. The van der Waals surface area contributed by atoms with Crippen LogP contribution in [-0.2, 0) is 0 Å². The predicted molar refractivity (Wildman–Crippen MR) is 242 cm³/mol. The van der Waals surface area contributed by atoms with E-state index in [-0.39, 0.29) is 0 Å². The maximum absolute atomic E-state index is 6.80. The summed E-state index contributed by atoms with van der Waals surface area (Å²) < 4.78 is 13.6. The molecule has 0 aliphatic heterocycles. The zero-order valence-corrected chi connectivity index (χ0v) is 34.2. The lowest BCUT2D eigenvalue weighted by Crippen LogP contribution is -2.02. The first-order valence-electron chi connectivity index (χ1n) is 22.5. The van der Waals surface area contributed by atoms with Crippen LogP contribution in [0.3, 0.4) is 0 Å². The molecule has 0 saturated heterocycles. The van der Waals surface area contributed by atoms with Gasteiger partial charge in [-0.05, 0) is 37.1 Å². The first kappa shape index (κ1) is 38.4. The summed E-state index contributed by atoms with van der Waals surface area (Å²) in [6, 6.07) is 26.2. The van der Waals surface area contributed by atoms with Crippen molar-refractivity contribution in [3.63, 3.8) is 0 Å². The molecular formula is C52H62N2O2. The Morgan fingerprint density at radius 3 is 1.05 bits per heavy atom. The second-order valence-electron chi connectivity index (χ2n) is 16.5. The van der Waals surface area contributed by atoms with E-state index in [1.807, 2.05) is 0 Å². The molecule has 4 nitrogen and oxygen atoms in total. The number of benzene rings is 6. The van der Waals surface area contributed by atoms with Gasteiger partial charge in [0, 0.05) is 53.9 Å². The molecule has 0 spiro atoms. The average molecular weight is 747 g/mol. The molecule has 0 atom stereocenters. The van der Waals surface area contributed by atoms with Gasteiger partial charge in [-0.15, -0.1) is 0 Å². The molecular weight excluding hydrogens is 685 g/mol. The Hall–Kier alpha value is -4.44. The summed E-state index contributed by atoms with van der Waals surface area (Å²) in [5.74, 6) is 1.96. The van der Waals surface area contributed by atoms with Crippen LogP contribution in [0, 0.1) is 0 Å². The highest BCUT2D eigenvalue weighted by atomic mass is 16.5. The Balaban J connectivity index is 1.09. The molecule has 0 saturated carbocycles. The minimum Gasteiger partial charge on any atom is -0.492 e. The number of aromatic nitrogens is 2. The van der Waals surface area contributed by atoms with Crippen LogP contribution in [0.4, 0.5) is 0 Å². The van der Waals surface area contributed by atoms with Crippen molar-refractivity contribution in [2.75, 3.05) is 13.2 Å². The highest BCUT2D eigenvalue weighted by molar-refractivity contribution is 6.39. The van der Waals surface area contributed by atoms with E-state index in [2.05, 4.69) is 86.6 Å². The molecule has 0 radical (unpaired) electrons. The molecule has 0 amide bonds. The lowest BCUT2D eigenvalue weighted by Gasteiger charge is -2.21. The maximum Gasteiger partial charge on any atom is 0.135 e. The maximum atomic E-state index is 6.80. The van der Waals surface area contributed by atoms with Gasteiger partial charge in [-0.3, -0.25) is 0 Å². The molecule has 0 fully saturated rings. The lowest BCUT2D eigenvalue weighted by molar-refractivity contribution is 0.311. The van der Waals surface area contributed by atoms with E-state index in [9.17, 15) is 0 Å². The number of ether oxygens (including phenoxy) is 2. The number of rotatable bonds is 24. The first-order chi connectivity index (χ1) is 27.8. The standard InChI is InChI=1S/C52H62N2O2/c1-3-5-7-9-11-13-15-17-19-25-35-55-51-39-29-23-21-27-37(39)49-45-41(51)31-33-43-47(45)48-44(53-49)34-32-42-46(48)50(54-43)38-28-22-24-30-40(38)52(42)56-36-26-20-18-16-14-12-10-8-6-4-2/h21-24,27-34H,3-20,25-26,35-36H2,1-2H3. The third kappa shape index (κ3) is 7.91. The third-order valence-corrected chi connectivity index (χ3v) is 12.4. The molecule has 0 aliphatic carbocycles. The largest absolute Gasteiger partial charge is 0.492 e. The predicted octanol–water partition coefficient (Wildman–Crippen LogP) is 16.0. The molecule has 0 N–H and O–H groups in total. The van der Waals surface area contributed by atoms with E-state index in [1.54, 1.807) is 0 Å². The van der Waals surface area contributed by atoms with Crippen molar-refractivity contribution in [2.24, 2.45) is 0 Å². The minimum atomic E-state index is 0.725. The summed E-state index contributed by atoms with van der Waals surface area (Å²) in [7, 11) is 0. The molecule has 56 heavy (non-hydrogen) atoms. The van der Waals surface area contributed by atoms with E-state index < -0.39 is 0 Å². The van der Waals surface area contributed by atoms with Crippen LogP contribution in [0.5, 0.6) is 11.5 Å².